The summed E-state index contributed by atoms with van der Waals surface area (Å²) in [5, 5.41) is 7.14. The zero-order valence-corrected chi connectivity index (χ0v) is 9.70. The molecule has 0 saturated carbocycles. The van der Waals surface area contributed by atoms with E-state index in [0.29, 0.717) is 0 Å². The molecule has 0 aromatic heterocycles. The van der Waals surface area contributed by atoms with Gasteiger partial charge in [0.15, 0.2) is 0 Å². The van der Waals surface area contributed by atoms with Crippen molar-refractivity contribution in [3.05, 3.63) is 0 Å². The number of hydrogen-bond donors (Lipinski definition) is 3. The monoisotopic (exact) mass is 324 g/mol. The first-order valence-corrected chi connectivity index (χ1v) is 2.48. The Morgan fingerprint density at radius 2 is 1.57 bits per heavy atom. The molecule has 0 bridgehead atoms. The fourth-order valence-corrected chi connectivity index (χ4v) is 0. The molecule has 2 radical (unpaired) electrons. The van der Waals surface area contributed by atoms with Crippen LogP contribution in [0.5, 0.6) is 0 Å². The Kier molecular flexibility index (Phi) is 6.11. The van der Waals surface area contributed by atoms with E-state index in [1.807, 2.05) is 0 Å². The van der Waals surface area contributed by atoms with Gasteiger partial charge in [-0.2, -0.15) is 0 Å². The van der Waals surface area contributed by atoms with Crippen molar-refractivity contribution in [2.24, 2.45) is 0 Å². The molecular weight excluding hydrogens is 318 g/mol. The van der Waals surface area contributed by atoms with E-state index in [4.69, 9.17) is 15.0 Å². The summed E-state index contributed by atoms with van der Waals surface area (Å²) < 4.78 is 11.8. The van der Waals surface area contributed by atoms with Crippen molar-refractivity contribution >= 4 is 35.1 Å². The van der Waals surface area contributed by atoms with Crippen LogP contribution < -0.4 is 0 Å². The van der Waals surface area contributed by atoms with Gasteiger partial charge in [0, 0.05) is 0 Å². The van der Waals surface area contributed by atoms with Crippen molar-refractivity contribution < 1.29 is 24.3 Å². The minimum absolute atomic E-state index is 0. The third-order valence-corrected chi connectivity index (χ3v) is 0.319. The van der Waals surface area contributed by atoms with Crippen LogP contribution in [0.3, 0.4) is 0 Å². The molecule has 0 aromatic rings. The molecule has 5 nitrogen and oxygen atoms in total. The maximum absolute atomic E-state index is 9.22. The van der Waals surface area contributed by atoms with Crippen molar-refractivity contribution in [1.29, 1.82) is 0 Å². The molecule has 0 unspecified atom stereocenters. The summed E-state index contributed by atoms with van der Waals surface area (Å²) in [6.07, 6.45) is 0. The summed E-state index contributed by atoms with van der Waals surface area (Å²) in [6, 6.07) is 0. The topological polar surface area (TPSA) is 87.0 Å². The van der Waals surface area contributed by atoms with Gasteiger partial charge in [-0.3, -0.25) is 0 Å². The standard InChI is InChI=1S/H3O5P.Pb.2H/c1-5-6(2,3)4;;;/h1H,(H2,2,3,4);;;. The third-order valence-electron chi connectivity index (χ3n) is 0.106. The van der Waals surface area contributed by atoms with E-state index in [1.54, 1.807) is 0 Å². The van der Waals surface area contributed by atoms with Crippen LogP contribution in [-0.2, 0) is 9.24 Å². The average Bonchev–Trinajstić information content (AvgIpc) is 1.35. The second-order valence-corrected chi connectivity index (χ2v) is 1.72. The van der Waals surface area contributed by atoms with E-state index in [9.17, 15) is 4.57 Å². The van der Waals surface area contributed by atoms with Gasteiger partial charge in [-0.25, -0.2) is 9.82 Å². The first kappa shape index (κ1) is 10.9. The first-order valence-electron chi connectivity index (χ1n) is 0.948. The molecular formula is H5O5PPb. The predicted octanol–water partition coefficient (Wildman–Crippen LogP) is -1.35. The van der Waals surface area contributed by atoms with E-state index >= 15 is 0 Å². The summed E-state index contributed by atoms with van der Waals surface area (Å²) in [5.74, 6) is 0. The Bertz CT molecular complexity index is 72.1. The van der Waals surface area contributed by atoms with Crippen LogP contribution in [0.2, 0.25) is 0 Å². The van der Waals surface area contributed by atoms with Crippen LogP contribution in [0.25, 0.3) is 0 Å². The summed E-state index contributed by atoms with van der Waals surface area (Å²) in [6.45, 7) is 0. The van der Waals surface area contributed by atoms with Crippen molar-refractivity contribution in [2.45, 2.75) is 0 Å². The fraction of sp³-hybridized carbons (Fsp3) is 0. The number of rotatable bonds is 1. The second kappa shape index (κ2) is 3.93. The van der Waals surface area contributed by atoms with Gasteiger partial charge in [0.05, 0.1) is 0 Å². The molecule has 44 valence electrons. The van der Waals surface area contributed by atoms with Crippen molar-refractivity contribution in [3.63, 3.8) is 0 Å². The van der Waals surface area contributed by atoms with Crippen LogP contribution in [-0.4, -0.2) is 42.3 Å². The summed E-state index contributed by atoms with van der Waals surface area (Å²) >= 11 is 0. The molecule has 0 heterocycles. The molecule has 0 spiro atoms. The molecule has 7 heavy (non-hydrogen) atoms. The molecule has 0 saturated heterocycles. The molecule has 7 heteroatoms. The van der Waals surface area contributed by atoms with Crippen LogP contribution in [0, 0.1) is 0 Å². The SMILES string of the molecule is O=P(O)(O)OO.[PbH2]. The second-order valence-electron chi connectivity index (χ2n) is 0.572. The van der Waals surface area contributed by atoms with Gasteiger partial charge in [-0.1, -0.05) is 0 Å². The quantitative estimate of drug-likeness (QED) is 0.240. The van der Waals surface area contributed by atoms with Crippen LogP contribution >= 0.6 is 7.82 Å². The molecule has 0 fully saturated rings. The van der Waals surface area contributed by atoms with Gasteiger partial charge in [0.2, 0.25) is 0 Å². The van der Waals surface area contributed by atoms with Crippen LogP contribution in [0.4, 0.5) is 0 Å². The Hall–Kier alpha value is 0.992. The molecule has 0 aliphatic heterocycles. The van der Waals surface area contributed by atoms with Crippen molar-refractivity contribution in [2.75, 3.05) is 0 Å². The van der Waals surface area contributed by atoms with Gasteiger partial charge in [-0.05, 0) is 0 Å². The predicted molar refractivity (Wildman–Crippen MR) is 24.3 cm³/mol. The zero-order valence-electron chi connectivity index (χ0n) is 3.31. The minimum atomic E-state index is -4.59. The average molecular weight is 323 g/mol. The number of hydrogen-bond acceptors (Lipinski definition) is 3. The summed E-state index contributed by atoms with van der Waals surface area (Å²) in [7, 11) is -4.59. The molecule has 0 aromatic carbocycles. The summed E-state index contributed by atoms with van der Waals surface area (Å²) in [5.41, 5.74) is 0. The van der Waals surface area contributed by atoms with Crippen LogP contribution in [0.1, 0.15) is 0 Å². The van der Waals surface area contributed by atoms with E-state index in [-0.39, 0.29) is 27.3 Å². The summed E-state index contributed by atoms with van der Waals surface area (Å²) in [4.78, 5) is 14.9. The molecule has 3 N–H and O–H groups in total. The molecule has 0 amide bonds. The van der Waals surface area contributed by atoms with Crippen LogP contribution in [0.15, 0.2) is 0 Å². The molecule has 0 aliphatic carbocycles. The van der Waals surface area contributed by atoms with Gasteiger partial charge < -0.3 is 9.79 Å². The number of phosphoric acid groups is 1. The Balaban J connectivity index is 0. The van der Waals surface area contributed by atoms with E-state index in [2.05, 4.69) is 4.67 Å². The maximum atomic E-state index is 9.22. The van der Waals surface area contributed by atoms with E-state index in [0.717, 1.165) is 0 Å². The van der Waals surface area contributed by atoms with Crippen molar-refractivity contribution in [1.82, 2.24) is 0 Å². The molecule has 0 rings (SSSR count). The third kappa shape index (κ3) is 10.9. The molecule has 0 atom stereocenters. The van der Waals surface area contributed by atoms with Gasteiger partial charge in [0.25, 0.3) is 0 Å². The zero-order chi connectivity index (χ0) is 5.21. The Morgan fingerprint density at radius 1 is 1.43 bits per heavy atom. The molecule has 0 aliphatic rings. The van der Waals surface area contributed by atoms with Gasteiger partial charge in [-0.15, -0.1) is 4.67 Å². The first-order chi connectivity index (χ1) is 2.56. The van der Waals surface area contributed by atoms with Gasteiger partial charge >= 0.3 is 35.1 Å². The normalized spacial score (nSPS) is 10.1. The fourth-order valence-electron chi connectivity index (χ4n) is 0. The van der Waals surface area contributed by atoms with Gasteiger partial charge in [0.1, 0.15) is 0 Å². The van der Waals surface area contributed by atoms with Crippen molar-refractivity contribution in [3.8, 4) is 0 Å². The Morgan fingerprint density at radius 3 is 1.57 bits per heavy atom. The van der Waals surface area contributed by atoms with E-state index in [1.165, 1.54) is 0 Å². The van der Waals surface area contributed by atoms with E-state index < -0.39 is 7.82 Å². The Labute approximate surface area is 59.6 Å².